The van der Waals surface area contributed by atoms with E-state index >= 15 is 0 Å². The quantitative estimate of drug-likeness (QED) is 0.0394. The predicted molar refractivity (Wildman–Crippen MR) is 215 cm³/mol. The summed E-state index contributed by atoms with van der Waals surface area (Å²) in [6, 6.07) is 39.8. The number of hydrogen-bond donors (Lipinski definition) is 0. The van der Waals surface area contributed by atoms with Gasteiger partial charge in [-0.05, 0) is 51.3 Å². The van der Waals surface area contributed by atoms with Crippen molar-refractivity contribution in [3.05, 3.63) is 126 Å². The number of hydrogen-bond acceptors (Lipinski definition) is 7. The van der Waals surface area contributed by atoms with Gasteiger partial charge in [0.15, 0.2) is 0 Å². The highest BCUT2D eigenvalue weighted by Gasteiger charge is 2.50. The standard InChI is InChI=1S/C44H54O6SSi/c1-44(2,3)52(38-19-11-7-12-20-38,39-21-13-8-14-22-39)49-30-29-41(48-34-51-5)40(47-32-35-17-9-6-10-18-35)23-15-16-24-42-43(50-42)33-46-31-36-25-27-37(45-4)28-26-36/h6-14,17-22,25-28,40-43H,23-24,29-34H2,1-5H3/t40-,41-,42-,43+/m0/s1. The van der Waals surface area contributed by atoms with Crippen molar-refractivity contribution in [1.82, 2.24) is 0 Å². The molecule has 0 N–H and O–H groups in total. The third-order valence-corrected chi connectivity index (χ3v) is 14.8. The SMILES string of the molecule is COc1ccc(COC[C@H]2O[C@H]2CC#CC[C@H](OCc2ccccc2)[C@H](CCO[Si](c2ccccc2)(c2ccccc2)C(C)(C)C)OCSC)cc1. The highest BCUT2D eigenvalue weighted by atomic mass is 32.2. The van der Waals surface area contributed by atoms with Crippen molar-refractivity contribution in [2.75, 3.05) is 32.5 Å². The Morgan fingerprint density at radius 2 is 1.35 bits per heavy atom. The van der Waals surface area contributed by atoms with E-state index in [0.717, 1.165) is 16.9 Å². The van der Waals surface area contributed by atoms with E-state index in [2.05, 4.69) is 112 Å². The molecule has 0 radical (unpaired) electrons. The van der Waals surface area contributed by atoms with Gasteiger partial charge in [0.25, 0.3) is 8.32 Å². The minimum absolute atomic E-state index is 0.0777. The lowest BCUT2D eigenvalue weighted by Gasteiger charge is -2.43. The highest BCUT2D eigenvalue weighted by molar-refractivity contribution is 7.98. The Kier molecular flexibility index (Phi) is 15.4. The lowest BCUT2D eigenvalue weighted by Crippen LogP contribution is -2.66. The lowest BCUT2D eigenvalue weighted by molar-refractivity contribution is -0.0717. The van der Waals surface area contributed by atoms with E-state index in [4.69, 9.17) is 28.1 Å². The van der Waals surface area contributed by atoms with E-state index in [1.165, 1.54) is 10.4 Å². The molecule has 0 saturated carbocycles. The third-order valence-electron chi connectivity index (χ3n) is 9.39. The Balaban J connectivity index is 1.24. The van der Waals surface area contributed by atoms with Crippen LogP contribution in [0.25, 0.3) is 0 Å². The number of methoxy groups -OCH3 is 1. The van der Waals surface area contributed by atoms with Crippen LogP contribution in [0.4, 0.5) is 0 Å². The van der Waals surface area contributed by atoms with Crippen LogP contribution in [0.15, 0.2) is 115 Å². The smallest absolute Gasteiger partial charge is 0.261 e. The van der Waals surface area contributed by atoms with Crippen molar-refractivity contribution in [3.63, 3.8) is 0 Å². The number of thioether (sulfide) groups is 1. The fraction of sp³-hybridized carbons (Fsp3) is 0.409. The van der Waals surface area contributed by atoms with Crippen LogP contribution in [0.3, 0.4) is 0 Å². The molecule has 1 saturated heterocycles. The topological polar surface area (TPSA) is 58.7 Å². The van der Waals surface area contributed by atoms with Crippen LogP contribution in [0.1, 0.15) is 51.2 Å². The Hall–Kier alpha value is -3.39. The van der Waals surface area contributed by atoms with Gasteiger partial charge in [0, 0.05) is 19.4 Å². The molecule has 0 aliphatic carbocycles. The molecule has 4 aromatic rings. The Morgan fingerprint density at radius 3 is 1.94 bits per heavy atom. The lowest BCUT2D eigenvalue weighted by atomic mass is 10.1. The van der Waals surface area contributed by atoms with Crippen LogP contribution in [-0.4, -0.2) is 65.3 Å². The molecule has 1 aliphatic rings. The van der Waals surface area contributed by atoms with Gasteiger partial charge in [0.2, 0.25) is 0 Å². The molecule has 4 aromatic carbocycles. The first kappa shape index (κ1) is 39.8. The summed E-state index contributed by atoms with van der Waals surface area (Å²) in [4.78, 5) is 0. The van der Waals surface area contributed by atoms with Crippen LogP contribution in [0.5, 0.6) is 5.75 Å². The summed E-state index contributed by atoms with van der Waals surface area (Å²) in [5, 5.41) is 2.43. The van der Waals surface area contributed by atoms with Gasteiger partial charge in [-0.3, -0.25) is 0 Å². The molecule has 4 atom stereocenters. The second kappa shape index (κ2) is 20.2. The van der Waals surface area contributed by atoms with Gasteiger partial charge < -0.3 is 28.1 Å². The zero-order chi connectivity index (χ0) is 36.7. The van der Waals surface area contributed by atoms with Crippen molar-refractivity contribution in [1.29, 1.82) is 0 Å². The summed E-state index contributed by atoms with van der Waals surface area (Å²) in [5.74, 6) is 8.20. The molecule has 1 heterocycles. The summed E-state index contributed by atoms with van der Waals surface area (Å²) in [6.07, 6.45) is 3.70. The average molecular weight is 739 g/mol. The number of rotatable bonds is 20. The Bertz CT molecular complexity index is 1610. The van der Waals surface area contributed by atoms with Gasteiger partial charge in [-0.2, -0.15) is 0 Å². The summed E-state index contributed by atoms with van der Waals surface area (Å²) in [7, 11) is -1.02. The van der Waals surface area contributed by atoms with E-state index in [1.54, 1.807) is 18.9 Å². The molecule has 0 amide bonds. The number of epoxide rings is 1. The van der Waals surface area contributed by atoms with Gasteiger partial charge in [0.05, 0.1) is 51.2 Å². The molecule has 276 valence electrons. The zero-order valence-corrected chi connectivity index (χ0v) is 33.1. The van der Waals surface area contributed by atoms with Gasteiger partial charge >= 0.3 is 0 Å². The van der Waals surface area contributed by atoms with Crippen LogP contribution in [0.2, 0.25) is 5.04 Å². The first-order valence-electron chi connectivity index (χ1n) is 18.2. The maximum atomic E-state index is 7.26. The first-order chi connectivity index (χ1) is 25.3. The van der Waals surface area contributed by atoms with E-state index in [9.17, 15) is 0 Å². The maximum absolute atomic E-state index is 7.26. The average Bonchev–Trinajstić information content (AvgIpc) is 3.93. The van der Waals surface area contributed by atoms with Gasteiger partial charge in [-0.25, -0.2) is 0 Å². The molecular formula is C44H54O6SSi. The number of benzene rings is 4. The second-order valence-electron chi connectivity index (χ2n) is 14.1. The van der Waals surface area contributed by atoms with Gasteiger partial charge in [-0.1, -0.05) is 124 Å². The van der Waals surface area contributed by atoms with Crippen molar-refractivity contribution in [2.24, 2.45) is 0 Å². The van der Waals surface area contributed by atoms with Crippen molar-refractivity contribution < 1.29 is 28.1 Å². The molecule has 6 nitrogen and oxygen atoms in total. The van der Waals surface area contributed by atoms with Crippen molar-refractivity contribution >= 4 is 30.5 Å². The highest BCUT2D eigenvalue weighted by Crippen LogP contribution is 2.37. The van der Waals surface area contributed by atoms with Crippen LogP contribution >= 0.6 is 11.8 Å². The molecule has 8 heteroatoms. The van der Waals surface area contributed by atoms with Crippen molar-refractivity contribution in [3.8, 4) is 17.6 Å². The van der Waals surface area contributed by atoms with Crippen LogP contribution in [0, 0.1) is 11.8 Å². The summed E-state index contributed by atoms with van der Waals surface area (Å²) < 4.78 is 37.4. The molecular weight excluding hydrogens is 685 g/mol. The third kappa shape index (κ3) is 11.3. The summed E-state index contributed by atoms with van der Waals surface area (Å²) in [6.45, 7) is 9.05. The summed E-state index contributed by atoms with van der Waals surface area (Å²) in [5.41, 5.74) is 2.23. The normalized spacial score (nSPS) is 16.8. The summed E-state index contributed by atoms with van der Waals surface area (Å²) >= 11 is 1.67. The first-order valence-corrected chi connectivity index (χ1v) is 21.5. The Morgan fingerprint density at radius 1 is 0.731 bits per heavy atom. The van der Waals surface area contributed by atoms with Gasteiger partial charge in [-0.15, -0.1) is 23.6 Å². The largest absolute Gasteiger partial charge is 0.497 e. The van der Waals surface area contributed by atoms with Crippen molar-refractivity contribution in [2.45, 2.75) is 82.7 Å². The van der Waals surface area contributed by atoms with E-state index in [-0.39, 0.29) is 29.5 Å². The predicted octanol–water partition coefficient (Wildman–Crippen LogP) is 8.02. The fourth-order valence-corrected chi connectivity index (χ4v) is 11.5. The fourth-order valence-electron chi connectivity index (χ4n) is 6.56. The molecule has 1 fully saturated rings. The van der Waals surface area contributed by atoms with E-state index in [0.29, 0.717) is 51.6 Å². The molecule has 5 rings (SSSR count). The minimum atomic E-state index is -2.69. The zero-order valence-electron chi connectivity index (χ0n) is 31.3. The van der Waals surface area contributed by atoms with E-state index < -0.39 is 8.32 Å². The van der Waals surface area contributed by atoms with E-state index in [1.807, 2.05) is 42.5 Å². The second-order valence-corrected chi connectivity index (χ2v) is 19.2. The van der Waals surface area contributed by atoms with Gasteiger partial charge in [0.1, 0.15) is 11.9 Å². The molecule has 1 aliphatic heterocycles. The molecule has 0 unspecified atom stereocenters. The Labute approximate surface area is 316 Å². The number of ether oxygens (including phenoxy) is 5. The molecule has 52 heavy (non-hydrogen) atoms. The molecule has 0 aromatic heterocycles. The van der Waals surface area contributed by atoms with Crippen LogP contribution in [-0.2, 0) is 36.6 Å². The monoisotopic (exact) mass is 738 g/mol. The molecule has 0 bridgehead atoms. The minimum Gasteiger partial charge on any atom is -0.497 e. The molecule has 0 spiro atoms. The van der Waals surface area contributed by atoms with Crippen LogP contribution < -0.4 is 15.1 Å². The maximum Gasteiger partial charge on any atom is 0.261 e.